The Morgan fingerprint density at radius 1 is 1.00 bits per heavy atom. The number of aromatic nitrogens is 4. The van der Waals surface area contributed by atoms with Crippen molar-refractivity contribution in [1.82, 2.24) is 19.5 Å². The van der Waals surface area contributed by atoms with Crippen LogP contribution in [0.5, 0.6) is 5.75 Å². The van der Waals surface area contributed by atoms with Gasteiger partial charge in [-0.1, -0.05) is 45.0 Å². The molecule has 0 radical (unpaired) electrons. The van der Waals surface area contributed by atoms with Crippen LogP contribution in [0.2, 0.25) is 0 Å². The predicted molar refractivity (Wildman–Crippen MR) is 173 cm³/mol. The number of carboxylic acids is 1. The number of halogens is 1. The molecule has 3 aromatic heterocycles. The summed E-state index contributed by atoms with van der Waals surface area (Å²) in [6.45, 7) is 12.7. The van der Waals surface area contributed by atoms with Crippen LogP contribution in [0.15, 0.2) is 78.1 Å². The lowest BCUT2D eigenvalue weighted by atomic mass is 9.88. The first-order valence-corrected chi connectivity index (χ1v) is 15.3. The van der Waals surface area contributed by atoms with Gasteiger partial charge in [-0.05, 0) is 56.7 Å². The van der Waals surface area contributed by atoms with E-state index in [-0.39, 0.29) is 17.2 Å². The van der Waals surface area contributed by atoms with E-state index in [0.29, 0.717) is 30.0 Å². The van der Waals surface area contributed by atoms with E-state index >= 15 is 0 Å². The zero-order valence-electron chi connectivity index (χ0n) is 25.9. The number of thioether (sulfide) groups is 1. The summed E-state index contributed by atoms with van der Waals surface area (Å²) in [6.07, 6.45) is 5.35. The van der Waals surface area contributed by atoms with Crippen molar-refractivity contribution in [2.24, 2.45) is 5.41 Å². The maximum atomic E-state index is 14.4. The van der Waals surface area contributed by atoms with Crippen LogP contribution in [0.3, 0.4) is 0 Å². The van der Waals surface area contributed by atoms with Crippen molar-refractivity contribution in [3.8, 4) is 17.0 Å². The highest BCUT2D eigenvalue weighted by Gasteiger charge is 2.33. The molecule has 5 aromatic rings. The number of rotatable bonds is 10. The largest absolute Gasteiger partial charge is 0.487 e. The van der Waals surface area contributed by atoms with Gasteiger partial charge in [0.15, 0.2) is 0 Å². The van der Waals surface area contributed by atoms with Crippen molar-refractivity contribution in [1.29, 1.82) is 0 Å². The molecule has 9 heteroatoms. The number of benzene rings is 2. The third kappa shape index (κ3) is 7.10. The lowest BCUT2D eigenvalue weighted by Crippen LogP contribution is -2.28. The van der Waals surface area contributed by atoms with Gasteiger partial charge in [-0.15, -0.1) is 11.8 Å². The Morgan fingerprint density at radius 3 is 2.39 bits per heavy atom. The molecule has 0 amide bonds. The molecule has 0 aliphatic carbocycles. The molecule has 0 bridgehead atoms. The Hall–Kier alpha value is -4.24. The highest BCUT2D eigenvalue weighted by Crippen LogP contribution is 2.44. The normalized spacial score (nSPS) is 12.1. The van der Waals surface area contributed by atoms with Gasteiger partial charge in [0.1, 0.15) is 23.9 Å². The molecule has 2 aromatic carbocycles. The number of carboxylic acid groups (broad SMARTS) is 1. The van der Waals surface area contributed by atoms with Crippen LogP contribution < -0.4 is 4.74 Å². The molecule has 0 spiro atoms. The van der Waals surface area contributed by atoms with Crippen molar-refractivity contribution in [3.63, 3.8) is 0 Å². The monoisotopic (exact) mass is 612 g/mol. The quantitative estimate of drug-likeness (QED) is 0.159. The smallest absolute Gasteiger partial charge is 0.309 e. The third-order valence-electron chi connectivity index (χ3n) is 7.24. The Balaban J connectivity index is 1.59. The third-order valence-corrected chi connectivity index (χ3v) is 8.51. The molecular formula is C35H37FN4O3S. The van der Waals surface area contributed by atoms with Crippen molar-refractivity contribution >= 4 is 28.6 Å². The molecule has 0 saturated carbocycles. The van der Waals surface area contributed by atoms with Crippen molar-refractivity contribution in [2.45, 2.75) is 70.8 Å². The zero-order chi connectivity index (χ0) is 31.6. The van der Waals surface area contributed by atoms with E-state index in [4.69, 9.17) is 4.74 Å². The van der Waals surface area contributed by atoms with Gasteiger partial charge in [-0.3, -0.25) is 19.7 Å². The summed E-state index contributed by atoms with van der Waals surface area (Å²) in [5, 5.41) is 11.1. The number of carbonyl (C=O) groups is 1. The second kappa shape index (κ2) is 12.4. The SMILES string of the molecule is Cc1cnc(COc2ccc3c(c2)c(SC(C)(C)C)c(CC(C)(C)C(=O)O)n3Cc2ccc(-c3ncccc3F)cc2)cn1. The van der Waals surface area contributed by atoms with E-state index < -0.39 is 11.4 Å². The second-order valence-electron chi connectivity index (χ2n) is 12.6. The van der Waals surface area contributed by atoms with Gasteiger partial charge in [0.2, 0.25) is 0 Å². The molecule has 0 aliphatic heterocycles. The van der Waals surface area contributed by atoms with E-state index in [0.717, 1.165) is 38.4 Å². The minimum absolute atomic E-state index is 0.135. The van der Waals surface area contributed by atoms with Gasteiger partial charge in [0.25, 0.3) is 0 Å². The van der Waals surface area contributed by atoms with Gasteiger partial charge in [0.05, 0.1) is 23.0 Å². The predicted octanol–water partition coefficient (Wildman–Crippen LogP) is 8.11. The van der Waals surface area contributed by atoms with Crippen LogP contribution in [0.4, 0.5) is 4.39 Å². The van der Waals surface area contributed by atoms with Gasteiger partial charge >= 0.3 is 5.97 Å². The van der Waals surface area contributed by atoms with E-state index in [1.54, 1.807) is 50.3 Å². The molecule has 0 fully saturated rings. The molecule has 0 saturated heterocycles. The number of hydrogen-bond acceptors (Lipinski definition) is 6. The van der Waals surface area contributed by atoms with Gasteiger partial charge in [-0.2, -0.15) is 0 Å². The molecule has 3 heterocycles. The van der Waals surface area contributed by atoms with Crippen LogP contribution >= 0.6 is 11.8 Å². The van der Waals surface area contributed by atoms with E-state index in [9.17, 15) is 14.3 Å². The van der Waals surface area contributed by atoms with Crippen molar-refractivity contribution in [2.75, 3.05) is 0 Å². The molecule has 0 aliphatic rings. The first-order valence-electron chi connectivity index (χ1n) is 14.5. The number of hydrogen-bond donors (Lipinski definition) is 1. The Morgan fingerprint density at radius 2 is 1.75 bits per heavy atom. The summed E-state index contributed by atoms with van der Waals surface area (Å²) in [4.78, 5) is 26.3. The molecule has 5 rings (SSSR count). The highest BCUT2D eigenvalue weighted by atomic mass is 32.2. The van der Waals surface area contributed by atoms with Crippen LogP contribution in [0.1, 0.15) is 57.3 Å². The minimum Gasteiger partial charge on any atom is -0.487 e. The summed E-state index contributed by atoms with van der Waals surface area (Å²) < 4.78 is 22.6. The summed E-state index contributed by atoms with van der Waals surface area (Å²) >= 11 is 1.73. The summed E-state index contributed by atoms with van der Waals surface area (Å²) in [5.41, 5.74) is 4.52. The number of aliphatic carboxylic acids is 1. The molecule has 0 unspecified atom stereocenters. The first kappa shape index (κ1) is 31.2. The minimum atomic E-state index is -0.997. The van der Waals surface area contributed by atoms with Crippen LogP contribution in [0.25, 0.3) is 22.2 Å². The number of pyridine rings is 1. The lowest BCUT2D eigenvalue weighted by molar-refractivity contribution is -0.146. The number of ether oxygens (including phenoxy) is 1. The molecule has 7 nitrogen and oxygen atoms in total. The summed E-state index contributed by atoms with van der Waals surface area (Å²) in [7, 11) is 0. The fraction of sp³-hybridized carbons (Fsp3) is 0.314. The zero-order valence-corrected chi connectivity index (χ0v) is 26.7. The van der Waals surface area contributed by atoms with Crippen molar-refractivity contribution < 1.29 is 19.0 Å². The van der Waals surface area contributed by atoms with Gasteiger partial charge < -0.3 is 14.4 Å². The fourth-order valence-electron chi connectivity index (χ4n) is 4.92. The van der Waals surface area contributed by atoms with E-state index in [2.05, 4.69) is 40.3 Å². The Kier molecular flexibility index (Phi) is 8.79. The number of nitrogens with zero attached hydrogens (tertiary/aromatic N) is 4. The van der Waals surface area contributed by atoms with Gasteiger partial charge in [-0.25, -0.2) is 4.39 Å². The van der Waals surface area contributed by atoms with Crippen molar-refractivity contribution in [3.05, 3.63) is 102 Å². The van der Waals surface area contributed by atoms with Gasteiger partial charge in [0, 0.05) is 57.2 Å². The number of aryl methyl sites for hydroxylation is 1. The molecule has 44 heavy (non-hydrogen) atoms. The summed E-state index contributed by atoms with van der Waals surface area (Å²) in [6, 6.07) is 16.7. The molecule has 0 atom stereocenters. The maximum Gasteiger partial charge on any atom is 0.309 e. The molecule has 228 valence electrons. The Bertz CT molecular complexity index is 1790. The van der Waals surface area contributed by atoms with Crippen LogP contribution in [-0.4, -0.2) is 35.3 Å². The Labute approximate surface area is 261 Å². The van der Waals surface area contributed by atoms with Crippen LogP contribution in [-0.2, 0) is 24.4 Å². The lowest BCUT2D eigenvalue weighted by Gasteiger charge is -2.24. The highest BCUT2D eigenvalue weighted by molar-refractivity contribution is 8.00. The molecule has 1 N–H and O–H groups in total. The van der Waals surface area contributed by atoms with E-state index in [1.807, 2.05) is 49.4 Å². The fourth-order valence-corrected chi connectivity index (χ4v) is 6.10. The second-order valence-corrected chi connectivity index (χ2v) is 14.4. The standard InChI is InChI=1S/C35H37FN4O3S/c1-22-18-39-25(19-38-22)21-43-26-13-14-29-27(16-26)32(44-34(2,3)4)30(17-35(5,6)33(41)42)40(29)20-23-9-11-24(12-10-23)31-28(36)8-7-15-37-31/h7-16,18-19H,17,20-21H2,1-6H3,(H,41,42). The maximum absolute atomic E-state index is 14.4. The number of fused-ring (bicyclic) bond motifs is 1. The topological polar surface area (TPSA) is 90.1 Å². The average Bonchev–Trinajstić information content (AvgIpc) is 3.22. The summed E-state index contributed by atoms with van der Waals surface area (Å²) in [5.74, 6) is -0.532. The first-order chi connectivity index (χ1) is 20.8. The molecular weight excluding hydrogens is 575 g/mol. The van der Waals surface area contributed by atoms with Crippen LogP contribution in [0, 0.1) is 18.2 Å². The average molecular weight is 613 g/mol. The van der Waals surface area contributed by atoms with E-state index in [1.165, 1.54) is 6.07 Å².